The highest BCUT2D eigenvalue weighted by atomic mass is 16.5. The molecule has 13 heavy (non-hydrogen) atoms. The van der Waals surface area contributed by atoms with Gasteiger partial charge in [0.05, 0.1) is 0 Å². The van der Waals surface area contributed by atoms with E-state index in [0.29, 0.717) is 12.3 Å². The van der Waals surface area contributed by atoms with Gasteiger partial charge in [-0.25, -0.2) is 4.79 Å². The first-order chi connectivity index (χ1) is 6.36. The van der Waals surface area contributed by atoms with E-state index in [1.807, 2.05) is 30.3 Å². The van der Waals surface area contributed by atoms with E-state index in [1.54, 1.807) is 6.08 Å². The van der Waals surface area contributed by atoms with Gasteiger partial charge in [-0.2, -0.15) is 0 Å². The highest BCUT2D eigenvalue weighted by Gasteiger charge is 2.15. The Balaban J connectivity index is 2.11. The molecule has 0 bridgehead atoms. The number of carbonyl (C=O) groups is 1. The third kappa shape index (κ3) is 1.69. The van der Waals surface area contributed by atoms with Crippen molar-refractivity contribution in [1.29, 1.82) is 0 Å². The fourth-order valence-electron chi connectivity index (χ4n) is 1.14. The standard InChI is InChI=1S/C10H9NO2/c12-10-9(6-7-13-10)11-8-4-2-1-3-5-8/h1-6,11H,7H2. The molecule has 0 aliphatic carbocycles. The summed E-state index contributed by atoms with van der Waals surface area (Å²) in [4.78, 5) is 11.0. The minimum Gasteiger partial charge on any atom is -0.457 e. The first kappa shape index (κ1) is 7.86. The Morgan fingerprint density at radius 3 is 2.62 bits per heavy atom. The van der Waals surface area contributed by atoms with Crippen LogP contribution >= 0.6 is 0 Å². The van der Waals surface area contributed by atoms with E-state index in [1.165, 1.54) is 0 Å². The molecule has 2 rings (SSSR count). The number of para-hydroxylation sites is 1. The molecule has 0 amide bonds. The van der Waals surface area contributed by atoms with Crippen LogP contribution in [-0.4, -0.2) is 12.6 Å². The molecule has 3 heteroatoms. The van der Waals surface area contributed by atoms with E-state index < -0.39 is 0 Å². The van der Waals surface area contributed by atoms with Crippen LogP contribution in [0.15, 0.2) is 42.1 Å². The van der Waals surface area contributed by atoms with Crippen LogP contribution in [0, 0.1) is 0 Å². The molecule has 1 aromatic rings. The lowest BCUT2D eigenvalue weighted by atomic mass is 10.3. The predicted molar refractivity (Wildman–Crippen MR) is 49.1 cm³/mol. The third-order valence-electron chi connectivity index (χ3n) is 1.77. The molecule has 0 radical (unpaired) electrons. The average molecular weight is 175 g/mol. The third-order valence-corrected chi connectivity index (χ3v) is 1.77. The number of rotatable bonds is 2. The van der Waals surface area contributed by atoms with Gasteiger partial charge in [0.25, 0.3) is 0 Å². The van der Waals surface area contributed by atoms with Crippen molar-refractivity contribution in [3.05, 3.63) is 42.1 Å². The molecule has 0 spiro atoms. The summed E-state index contributed by atoms with van der Waals surface area (Å²) in [5.41, 5.74) is 1.42. The Morgan fingerprint density at radius 1 is 1.23 bits per heavy atom. The summed E-state index contributed by atoms with van der Waals surface area (Å²) >= 11 is 0. The van der Waals surface area contributed by atoms with Crippen LogP contribution < -0.4 is 5.32 Å². The van der Waals surface area contributed by atoms with Gasteiger partial charge in [0, 0.05) is 5.69 Å². The minimum absolute atomic E-state index is 0.288. The van der Waals surface area contributed by atoms with Crippen molar-refractivity contribution in [3.63, 3.8) is 0 Å². The van der Waals surface area contributed by atoms with Crippen molar-refractivity contribution in [2.24, 2.45) is 0 Å². The van der Waals surface area contributed by atoms with Crippen LogP contribution in [0.4, 0.5) is 5.69 Å². The highest BCUT2D eigenvalue weighted by Crippen LogP contribution is 2.12. The first-order valence-corrected chi connectivity index (χ1v) is 4.05. The molecule has 0 fully saturated rings. The molecule has 3 nitrogen and oxygen atoms in total. The maximum atomic E-state index is 11.0. The van der Waals surface area contributed by atoms with Crippen molar-refractivity contribution >= 4 is 11.7 Å². The SMILES string of the molecule is O=C1OCC=C1Nc1ccccc1. The molecule has 1 N–H and O–H groups in total. The normalized spacial score (nSPS) is 15.1. The van der Waals surface area contributed by atoms with E-state index in [0.717, 1.165) is 5.69 Å². The Morgan fingerprint density at radius 2 is 2.00 bits per heavy atom. The quantitative estimate of drug-likeness (QED) is 0.693. The lowest BCUT2D eigenvalue weighted by molar-refractivity contribution is -0.135. The number of benzene rings is 1. The molecule has 0 aromatic heterocycles. The van der Waals surface area contributed by atoms with Crippen LogP contribution in [-0.2, 0) is 9.53 Å². The topological polar surface area (TPSA) is 38.3 Å². The van der Waals surface area contributed by atoms with Crippen molar-refractivity contribution in [3.8, 4) is 0 Å². The van der Waals surface area contributed by atoms with Crippen molar-refractivity contribution in [2.45, 2.75) is 0 Å². The summed E-state index contributed by atoms with van der Waals surface area (Å²) < 4.78 is 4.74. The minimum atomic E-state index is -0.288. The summed E-state index contributed by atoms with van der Waals surface area (Å²) in [6.45, 7) is 0.369. The maximum Gasteiger partial charge on any atom is 0.354 e. The van der Waals surface area contributed by atoms with Crippen LogP contribution in [0.1, 0.15) is 0 Å². The number of carbonyl (C=O) groups excluding carboxylic acids is 1. The van der Waals surface area contributed by atoms with E-state index in [2.05, 4.69) is 5.32 Å². The van der Waals surface area contributed by atoms with Gasteiger partial charge in [0.15, 0.2) is 0 Å². The zero-order valence-electron chi connectivity index (χ0n) is 6.99. The molecular weight excluding hydrogens is 166 g/mol. The molecule has 0 unspecified atom stereocenters. The van der Waals surface area contributed by atoms with E-state index in [-0.39, 0.29) is 5.97 Å². The van der Waals surface area contributed by atoms with Gasteiger partial charge in [-0.15, -0.1) is 0 Å². The van der Waals surface area contributed by atoms with Crippen molar-refractivity contribution in [1.82, 2.24) is 0 Å². The van der Waals surface area contributed by atoms with Gasteiger partial charge >= 0.3 is 5.97 Å². The van der Waals surface area contributed by atoms with Gasteiger partial charge in [-0.3, -0.25) is 0 Å². The van der Waals surface area contributed by atoms with Gasteiger partial charge in [0.2, 0.25) is 0 Å². The maximum absolute atomic E-state index is 11.0. The smallest absolute Gasteiger partial charge is 0.354 e. The predicted octanol–water partition coefficient (Wildman–Crippen LogP) is 1.54. The second kappa shape index (κ2) is 3.31. The van der Waals surface area contributed by atoms with E-state index >= 15 is 0 Å². The number of hydrogen-bond donors (Lipinski definition) is 1. The summed E-state index contributed by atoms with van der Waals surface area (Å²) in [7, 11) is 0. The molecule has 66 valence electrons. The molecule has 1 heterocycles. The highest BCUT2D eigenvalue weighted by molar-refractivity contribution is 5.93. The fraction of sp³-hybridized carbons (Fsp3) is 0.100. The molecule has 1 aromatic carbocycles. The lowest BCUT2D eigenvalue weighted by Gasteiger charge is -2.03. The largest absolute Gasteiger partial charge is 0.457 e. The monoisotopic (exact) mass is 175 g/mol. The number of nitrogens with one attached hydrogen (secondary N) is 1. The lowest BCUT2D eigenvalue weighted by Crippen LogP contribution is -2.07. The Labute approximate surface area is 76.0 Å². The molecule has 0 atom stereocenters. The average Bonchev–Trinajstić information content (AvgIpc) is 2.54. The zero-order valence-corrected chi connectivity index (χ0v) is 6.99. The van der Waals surface area contributed by atoms with E-state index in [4.69, 9.17) is 4.74 Å². The van der Waals surface area contributed by atoms with Gasteiger partial charge in [0.1, 0.15) is 12.3 Å². The molecule has 1 aliphatic heterocycles. The number of ether oxygens (including phenoxy) is 1. The van der Waals surface area contributed by atoms with Crippen LogP contribution in [0.25, 0.3) is 0 Å². The van der Waals surface area contributed by atoms with Crippen LogP contribution in [0.3, 0.4) is 0 Å². The zero-order chi connectivity index (χ0) is 9.10. The Bertz CT molecular complexity index is 343. The van der Waals surface area contributed by atoms with E-state index in [9.17, 15) is 4.79 Å². The van der Waals surface area contributed by atoms with Gasteiger partial charge < -0.3 is 10.1 Å². The number of anilines is 1. The van der Waals surface area contributed by atoms with Gasteiger partial charge in [-0.05, 0) is 18.2 Å². The first-order valence-electron chi connectivity index (χ1n) is 4.05. The molecule has 0 saturated carbocycles. The summed E-state index contributed by atoms with van der Waals surface area (Å²) in [5, 5.41) is 2.98. The Kier molecular flexibility index (Phi) is 2.00. The molecular formula is C10H9NO2. The van der Waals surface area contributed by atoms with Crippen molar-refractivity contribution in [2.75, 3.05) is 11.9 Å². The van der Waals surface area contributed by atoms with Crippen LogP contribution in [0.2, 0.25) is 0 Å². The number of esters is 1. The van der Waals surface area contributed by atoms with Crippen molar-refractivity contribution < 1.29 is 9.53 Å². The number of hydrogen-bond acceptors (Lipinski definition) is 3. The fourth-order valence-corrected chi connectivity index (χ4v) is 1.14. The molecule has 1 aliphatic rings. The Hall–Kier alpha value is -1.77. The van der Waals surface area contributed by atoms with Gasteiger partial charge in [-0.1, -0.05) is 18.2 Å². The number of cyclic esters (lactones) is 1. The summed E-state index contributed by atoms with van der Waals surface area (Å²) in [6, 6.07) is 9.53. The second-order valence-electron chi connectivity index (χ2n) is 2.71. The van der Waals surface area contributed by atoms with Crippen LogP contribution in [0.5, 0.6) is 0 Å². The molecule has 0 saturated heterocycles. The summed E-state index contributed by atoms with van der Waals surface area (Å²) in [6.07, 6.45) is 1.73. The summed E-state index contributed by atoms with van der Waals surface area (Å²) in [5.74, 6) is -0.288. The second-order valence-corrected chi connectivity index (χ2v) is 2.71.